The van der Waals surface area contributed by atoms with Crippen molar-refractivity contribution in [2.24, 2.45) is 0 Å². The van der Waals surface area contributed by atoms with E-state index in [9.17, 15) is 13.6 Å². The van der Waals surface area contributed by atoms with Gasteiger partial charge in [-0.3, -0.25) is 0 Å². The molecule has 0 bridgehead atoms. The van der Waals surface area contributed by atoms with Crippen LogP contribution < -0.4 is 9.64 Å². The van der Waals surface area contributed by atoms with Gasteiger partial charge in [0.05, 0.1) is 31.9 Å². The average Bonchev–Trinajstić information content (AvgIpc) is 3.10. The summed E-state index contributed by atoms with van der Waals surface area (Å²) in [5, 5.41) is 0. The van der Waals surface area contributed by atoms with E-state index in [-0.39, 0.29) is 18.8 Å². The summed E-state index contributed by atoms with van der Waals surface area (Å²) >= 11 is 2.16. The topological polar surface area (TPSA) is 60.9 Å². The summed E-state index contributed by atoms with van der Waals surface area (Å²) in [7, 11) is 1.31. The molecule has 0 amide bonds. The zero-order valence-corrected chi connectivity index (χ0v) is 17.2. The zero-order chi connectivity index (χ0) is 20.1. The molecule has 1 fully saturated rings. The molecule has 28 heavy (non-hydrogen) atoms. The van der Waals surface area contributed by atoms with Gasteiger partial charge < -0.3 is 19.1 Å². The van der Waals surface area contributed by atoms with Gasteiger partial charge in [-0.1, -0.05) is 0 Å². The molecular formula is C19H19F2IN2O4. The number of anilines is 1. The molecule has 1 aromatic carbocycles. The second-order valence-corrected chi connectivity index (χ2v) is 7.47. The number of esters is 1. The highest BCUT2D eigenvalue weighted by atomic mass is 127. The third-order valence-corrected chi connectivity index (χ3v) is 5.04. The first-order valence-corrected chi connectivity index (χ1v) is 9.67. The van der Waals surface area contributed by atoms with Gasteiger partial charge >= 0.3 is 12.6 Å². The lowest BCUT2D eigenvalue weighted by Crippen LogP contribution is -2.34. The van der Waals surface area contributed by atoms with Gasteiger partial charge in [0.25, 0.3) is 0 Å². The largest absolute Gasteiger partial charge is 0.472 e. The van der Waals surface area contributed by atoms with Crippen LogP contribution in [0.5, 0.6) is 5.88 Å². The van der Waals surface area contributed by atoms with E-state index in [1.165, 1.54) is 7.11 Å². The van der Waals surface area contributed by atoms with Crippen LogP contribution in [-0.4, -0.2) is 50.0 Å². The van der Waals surface area contributed by atoms with E-state index in [4.69, 9.17) is 9.47 Å². The summed E-state index contributed by atoms with van der Waals surface area (Å²) in [6, 6.07) is 10.2. The zero-order valence-electron chi connectivity index (χ0n) is 15.1. The summed E-state index contributed by atoms with van der Waals surface area (Å²) < 4.78 is 41.3. The number of pyridine rings is 1. The predicted octanol–water partition coefficient (Wildman–Crippen LogP) is 3.74. The normalized spacial score (nSPS) is 19.1. The van der Waals surface area contributed by atoms with Crippen molar-refractivity contribution >= 4 is 34.2 Å². The van der Waals surface area contributed by atoms with Crippen molar-refractivity contribution in [3.63, 3.8) is 0 Å². The third-order valence-electron chi connectivity index (χ3n) is 4.40. The molecule has 2 atom stereocenters. The smallest absolute Gasteiger partial charge is 0.345 e. The van der Waals surface area contributed by atoms with E-state index in [0.717, 1.165) is 9.26 Å². The number of nitrogens with zero attached hydrogens (tertiary/aromatic N) is 2. The van der Waals surface area contributed by atoms with Crippen molar-refractivity contribution in [1.82, 2.24) is 4.98 Å². The lowest BCUT2D eigenvalue weighted by atomic mass is 10.1. The van der Waals surface area contributed by atoms with Crippen LogP contribution in [0.3, 0.4) is 0 Å². The van der Waals surface area contributed by atoms with E-state index in [1.807, 2.05) is 11.0 Å². The molecule has 0 saturated carbocycles. The number of hydrogen-bond donors (Lipinski definition) is 0. The number of carbonyl (C=O) groups is 1. The second kappa shape index (κ2) is 9.46. The van der Waals surface area contributed by atoms with Crippen LogP contribution in [0.15, 0.2) is 42.6 Å². The highest BCUT2D eigenvalue weighted by Gasteiger charge is 2.34. The van der Waals surface area contributed by atoms with Gasteiger partial charge in [-0.2, -0.15) is 8.78 Å². The number of benzene rings is 1. The Hall–Kier alpha value is -2.01. The van der Waals surface area contributed by atoms with Crippen LogP contribution in [0.2, 0.25) is 0 Å². The minimum absolute atomic E-state index is 0.129. The van der Waals surface area contributed by atoms with Crippen molar-refractivity contribution in [3.8, 4) is 5.88 Å². The highest BCUT2D eigenvalue weighted by Crippen LogP contribution is 2.29. The standard InChI is InChI=1S/C19H19F2IN2O4/c1-26-18(25)12-2-5-14(6-3-12)24-10-16(8-15(24)11-27-19(20)21)28-17-7-4-13(22)9-23-17/h2-7,9,15-16,19H,8,10-11H2,1H3/t15-,16-/m0/s1. The molecule has 1 aliphatic rings. The van der Waals surface area contributed by atoms with Gasteiger partial charge in [0.15, 0.2) is 0 Å². The molecular weight excluding hydrogens is 485 g/mol. The molecule has 0 radical (unpaired) electrons. The average molecular weight is 504 g/mol. The summed E-state index contributed by atoms with van der Waals surface area (Å²) in [6.45, 7) is -2.47. The van der Waals surface area contributed by atoms with Crippen LogP contribution in [0.25, 0.3) is 0 Å². The van der Waals surface area contributed by atoms with Crippen LogP contribution in [0.4, 0.5) is 14.5 Å². The van der Waals surface area contributed by atoms with Gasteiger partial charge in [-0.05, 0) is 52.9 Å². The lowest BCUT2D eigenvalue weighted by molar-refractivity contribution is -0.131. The number of hydrogen-bond acceptors (Lipinski definition) is 6. The number of carbonyl (C=O) groups excluding carboxylic acids is 1. The van der Waals surface area contributed by atoms with E-state index in [0.29, 0.717) is 24.4 Å². The van der Waals surface area contributed by atoms with Crippen molar-refractivity contribution in [2.45, 2.75) is 25.2 Å². The Kier molecular flexibility index (Phi) is 7.00. The molecule has 0 aliphatic carbocycles. The summed E-state index contributed by atoms with van der Waals surface area (Å²) in [5.74, 6) is 0.0541. The first-order chi connectivity index (χ1) is 13.5. The second-order valence-electron chi connectivity index (χ2n) is 6.23. The monoisotopic (exact) mass is 504 g/mol. The van der Waals surface area contributed by atoms with Crippen molar-refractivity contribution in [3.05, 3.63) is 51.7 Å². The summed E-state index contributed by atoms with van der Waals surface area (Å²) in [6.07, 6.45) is 1.99. The lowest BCUT2D eigenvalue weighted by Gasteiger charge is -2.26. The van der Waals surface area contributed by atoms with Crippen molar-refractivity contribution < 1.29 is 27.8 Å². The van der Waals surface area contributed by atoms with Gasteiger partial charge in [0.2, 0.25) is 5.88 Å². The summed E-state index contributed by atoms with van der Waals surface area (Å²) in [5.41, 5.74) is 1.21. The van der Waals surface area contributed by atoms with Crippen LogP contribution in [-0.2, 0) is 9.47 Å². The maximum absolute atomic E-state index is 12.5. The number of aromatic nitrogens is 1. The molecule has 2 aromatic rings. The highest BCUT2D eigenvalue weighted by molar-refractivity contribution is 14.1. The number of rotatable bonds is 7. The molecule has 1 saturated heterocycles. The van der Waals surface area contributed by atoms with Gasteiger partial charge in [0.1, 0.15) is 6.10 Å². The molecule has 0 N–H and O–H groups in total. The molecule has 9 heteroatoms. The van der Waals surface area contributed by atoms with Gasteiger partial charge in [0, 0.05) is 27.9 Å². The quantitative estimate of drug-likeness (QED) is 0.423. The fourth-order valence-electron chi connectivity index (χ4n) is 3.13. The number of methoxy groups -OCH3 is 1. The number of alkyl halides is 2. The molecule has 1 aliphatic heterocycles. The molecule has 3 rings (SSSR count). The Bertz CT molecular complexity index is 790. The van der Waals surface area contributed by atoms with E-state index < -0.39 is 12.6 Å². The number of halogens is 3. The molecule has 1 aromatic heterocycles. The molecule has 0 spiro atoms. The Labute approximate surface area is 174 Å². The predicted molar refractivity (Wildman–Crippen MR) is 107 cm³/mol. The van der Waals surface area contributed by atoms with E-state index in [1.54, 1.807) is 36.5 Å². The third kappa shape index (κ3) is 5.28. The molecule has 6 nitrogen and oxygen atoms in total. The molecule has 0 unspecified atom stereocenters. The Morgan fingerprint density at radius 1 is 1.29 bits per heavy atom. The van der Waals surface area contributed by atoms with Gasteiger partial charge in [-0.25, -0.2) is 9.78 Å². The Morgan fingerprint density at radius 2 is 2.04 bits per heavy atom. The Balaban J connectivity index is 1.74. The van der Waals surface area contributed by atoms with E-state index in [2.05, 4.69) is 32.3 Å². The van der Waals surface area contributed by atoms with Crippen molar-refractivity contribution in [2.75, 3.05) is 25.2 Å². The minimum Gasteiger partial charge on any atom is -0.472 e. The fraction of sp³-hybridized carbons (Fsp3) is 0.368. The molecule has 2 heterocycles. The first-order valence-electron chi connectivity index (χ1n) is 8.59. The van der Waals surface area contributed by atoms with E-state index >= 15 is 0 Å². The van der Waals surface area contributed by atoms with Crippen LogP contribution >= 0.6 is 22.6 Å². The molecule has 150 valence electrons. The van der Waals surface area contributed by atoms with Crippen molar-refractivity contribution in [1.29, 1.82) is 0 Å². The maximum Gasteiger partial charge on any atom is 0.345 e. The first kappa shape index (κ1) is 20.7. The van der Waals surface area contributed by atoms with Gasteiger partial charge in [-0.15, -0.1) is 0 Å². The summed E-state index contributed by atoms with van der Waals surface area (Å²) in [4.78, 5) is 17.8. The van der Waals surface area contributed by atoms with Crippen LogP contribution in [0, 0.1) is 3.57 Å². The minimum atomic E-state index is -2.83. The Morgan fingerprint density at radius 3 is 2.64 bits per heavy atom. The SMILES string of the molecule is COC(=O)c1ccc(N2C[C@@H](Oc3ccc(I)cn3)C[C@H]2COC(F)F)cc1. The van der Waals surface area contributed by atoms with Crippen LogP contribution in [0.1, 0.15) is 16.8 Å². The number of ether oxygens (including phenoxy) is 3. The maximum atomic E-state index is 12.5. The fourth-order valence-corrected chi connectivity index (χ4v) is 3.45.